The van der Waals surface area contributed by atoms with Crippen molar-refractivity contribution in [3.8, 4) is 0 Å². The fourth-order valence-electron chi connectivity index (χ4n) is 3.08. The molecule has 2 fully saturated rings. The van der Waals surface area contributed by atoms with Gasteiger partial charge in [0.05, 0.1) is 11.6 Å². The molecule has 1 atom stereocenters. The van der Waals surface area contributed by atoms with Crippen LogP contribution in [0.3, 0.4) is 0 Å². The van der Waals surface area contributed by atoms with Gasteiger partial charge in [0.15, 0.2) is 0 Å². The SMILES string of the molecule is CC(C(=O)N1CCCC1)N1CCN(C(=O)C(C)(C)N)CC1. The third-order valence-electron chi connectivity index (χ3n) is 4.48. The average Bonchev–Trinajstić information content (AvgIpc) is 2.98. The lowest BCUT2D eigenvalue weighted by molar-refractivity contribution is -0.140. The highest BCUT2D eigenvalue weighted by Crippen LogP contribution is 2.15. The summed E-state index contributed by atoms with van der Waals surface area (Å²) in [5, 5.41) is 0. The van der Waals surface area contributed by atoms with Crippen LogP contribution in [0.4, 0.5) is 0 Å². The lowest BCUT2D eigenvalue weighted by atomic mass is 10.0. The Hall–Kier alpha value is -1.14. The Morgan fingerprint density at radius 3 is 1.95 bits per heavy atom. The Labute approximate surface area is 127 Å². The molecule has 0 aromatic rings. The highest BCUT2D eigenvalue weighted by molar-refractivity contribution is 5.85. The summed E-state index contributed by atoms with van der Waals surface area (Å²) in [6, 6.07) is -0.0914. The topological polar surface area (TPSA) is 69.9 Å². The molecule has 2 aliphatic heterocycles. The minimum absolute atomic E-state index is 0.0133. The molecule has 21 heavy (non-hydrogen) atoms. The van der Waals surface area contributed by atoms with Crippen LogP contribution in [0.5, 0.6) is 0 Å². The van der Waals surface area contributed by atoms with Crippen LogP contribution < -0.4 is 5.73 Å². The molecule has 0 spiro atoms. The molecule has 0 bridgehead atoms. The second kappa shape index (κ2) is 6.32. The first-order valence-corrected chi connectivity index (χ1v) is 7.92. The van der Waals surface area contributed by atoms with E-state index >= 15 is 0 Å². The number of carbonyl (C=O) groups is 2. The number of nitrogens with zero attached hydrogens (tertiary/aromatic N) is 3. The van der Waals surface area contributed by atoms with Gasteiger partial charge in [-0.1, -0.05) is 0 Å². The molecule has 1 unspecified atom stereocenters. The number of hydrogen-bond acceptors (Lipinski definition) is 4. The van der Waals surface area contributed by atoms with Gasteiger partial charge in [0.1, 0.15) is 0 Å². The summed E-state index contributed by atoms with van der Waals surface area (Å²) in [7, 11) is 0. The molecule has 2 N–H and O–H groups in total. The fourth-order valence-corrected chi connectivity index (χ4v) is 3.08. The summed E-state index contributed by atoms with van der Waals surface area (Å²) in [6.07, 6.45) is 2.23. The smallest absolute Gasteiger partial charge is 0.242 e. The van der Waals surface area contributed by atoms with Crippen molar-refractivity contribution < 1.29 is 9.59 Å². The molecule has 2 amide bonds. The van der Waals surface area contributed by atoms with Crippen LogP contribution in [0.2, 0.25) is 0 Å². The Morgan fingerprint density at radius 1 is 0.952 bits per heavy atom. The van der Waals surface area contributed by atoms with Gasteiger partial charge in [0.2, 0.25) is 11.8 Å². The van der Waals surface area contributed by atoms with Gasteiger partial charge >= 0.3 is 0 Å². The van der Waals surface area contributed by atoms with Crippen molar-refractivity contribution in [1.29, 1.82) is 0 Å². The summed E-state index contributed by atoms with van der Waals surface area (Å²) < 4.78 is 0. The number of amides is 2. The van der Waals surface area contributed by atoms with Gasteiger partial charge in [-0.3, -0.25) is 14.5 Å². The van der Waals surface area contributed by atoms with Gasteiger partial charge in [0, 0.05) is 39.3 Å². The first-order valence-electron chi connectivity index (χ1n) is 7.92. The van der Waals surface area contributed by atoms with Crippen LogP contribution in [0, 0.1) is 0 Å². The summed E-state index contributed by atoms with van der Waals surface area (Å²) in [4.78, 5) is 30.5. The van der Waals surface area contributed by atoms with Crippen molar-refractivity contribution in [2.24, 2.45) is 5.73 Å². The van der Waals surface area contributed by atoms with Gasteiger partial charge in [-0.05, 0) is 33.6 Å². The number of nitrogens with two attached hydrogens (primary N) is 1. The second-order valence-corrected chi connectivity index (χ2v) is 6.76. The van der Waals surface area contributed by atoms with E-state index in [-0.39, 0.29) is 17.9 Å². The molecule has 0 radical (unpaired) electrons. The molecule has 6 heteroatoms. The third kappa shape index (κ3) is 3.74. The van der Waals surface area contributed by atoms with Crippen molar-refractivity contribution in [3.05, 3.63) is 0 Å². The molecule has 6 nitrogen and oxygen atoms in total. The predicted octanol–water partition coefficient (Wildman–Crippen LogP) is -0.121. The van der Waals surface area contributed by atoms with Crippen LogP contribution in [-0.2, 0) is 9.59 Å². The van der Waals surface area contributed by atoms with E-state index in [4.69, 9.17) is 5.73 Å². The Balaban J connectivity index is 1.85. The maximum atomic E-state index is 12.4. The lowest BCUT2D eigenvalue weighted by Crippen LogP contribution is -2.59. The first kappa shape index (κ1) is 16.2. The van der Waals surface area contributed by atoms with Crippen LogP contribution in [0.25, 0.3) is 0 Å². The fraction of sp³-hybridized carbons (Fsp3) is 0.867. The summed E-state index contributed by atoms with van der Waals surface area (Å²) in [5.74, 6) is 0.215. The van der Waals surface area contributed by atoms with Crippen LogP contribution >= 0.6 is 0 Å². The van der Waals surface area contributed by atoms with Crippen molar-refractivity contribution in [1.82, 2.24) is 14.7 Å². The van der Waals surface area contributed by atoms with E-state index in [1.807, 2.05) is 16.7 Å². The number of piperazine rings is 1. The molecule has 2 saturated heterocycles. The maximum absolute atomic E-state index is 12.4. The van der Waals surface area contributed by atoms with Crippen molar-refractivity contribution in [2.45, 2.75) is 45.2 Å². The largest absolute Gasteiger partial charge is 0.341 e. The monoisotopic (exact) mass is 296 g/mol. The van der Waals surface area contributed by atoms with Crippen LogP contribution in [0.1, 0.15) is 33.6 Å². The molecule has 0 aliphatic carbocycles. The van der Waals surface area contributed by atoms with Gasteiger partial charge in [0.25, 0.3) is 0 Å². The van der Waals surface area contributed by atoms with Crippen LogP contribution in [0.15, 0.2) is 0 Å². The zero-order valence-electron chi connectivity index (χ0n) is 13.5. The third-order valence-corrected chi connectivity index (χ3v) is 4.48. The molecule has 0 saturated carbocycles. The predicted molar refractivity (Wildman–Crippen MR) is 81.7 cm³/mol. The normalized spacial score (nSPS) is 22.5. The standard InChI is InChI=1S/C15H28N4O2/c1-12(13(20)18-6-4-5-7-18)17-8-10-19(11-9-17)14(21)15(2,3)16/h12H,4-11,16H2,1-3H3. The molecule has 0 aromatic carbocycles. The summed E-state index contributed by atoms with van der Waals surface area (Å²) in [5.41, 5.74) is 5.05. The molecule has 2 aliphatic rings. The molecular formula is C15H28N4O2. The number of likely N-dealkylation sites (tertiary alicyclic amines) is 1. The second-order valence-electron chi connectivity index (χ2n) is 6.76. The van der Waals surface area contributed by atoms with E-state index in [1.54, 1.807) is 13.8 Å². The molecule has 2 heterocycles. The summed E-state index contributed by atoms with van der Waals surface area (Å²) >= 11 is 0. The molecular weight excluding hydrogens is 268 g/mol. The first-order chi connectivity index (χ1) is 9.80. The van der Waals surface area contributed by atoms with Crippen LogP contribution in [-0.4, -0.2) is 77.4 Å². The minimum atomic E-state index is -0.820. The van der Waals surface area contributed by atoms with E-state index in [0.717, 1.165) is 39.0 Å². The average molecular weight is 296 g/mol. The van der Waals surface area contributed by atoms with Gasteiger partial charge < -0.3 is 15.5 Å². The minimum Gasteiger partial charge on any atom is -0.341 e. The van der Waals surface area contributed by atoms with E-state index in [1.165, 1.54) is 0 Å². The van der Waals surface area contributed by atoms with Crippen molar-refractivity contribution in [3.63, 3.8) is 0 Å². The Kier molecular flexibility index (Phi) is 4.88. The number of hydrogen-bond donors (Lipinski definition) is 1. The Morgan fingerprint density at radius 2 is 1.48 bits per heavy atom. The van der Waals surface area contributed by atoms with Gasteiger partial charge in [-0.15, -0.1) is 0 Å². The van der Waals surface area contributed by atoms with E-state index in [2.05, 4.69) is 4.90 Å². The van der Waals surface area contributed by atoms with E-state index in [9.17, 15) is 9.59 Å². The van der Waals surface area contributed by atoms with Crippen molar-refractivity contribution in [2.75, 3.05) is 39.3 Å². The highest BCUT2D eigenvalue weighted by atomic mass is 16.2. The van der Waals surface area contributed by atoms with E-state index < -0.39 is 5.54 Å². The van der Waals surface area contributed by atoms with Gasteiger partial charge in [-0.25, -0.2) is 0 Å². The van der Waals surface area contributed by atoms with Gasteiger partial charge in [-0.2, -0.15) is 0 Å². The quantitative estimate of drug-likeness (QED) is 0.788. The zero-order valence-corrected chi connectivity index (χ0v) is 13.5. The number of carbonyl (C=O) groups excluding carboxylic acids is 2. The Bertz CT molecular complexity index is 391. The molecule has 2 rings (SSSR count). The number of rotatable bonds is 3. The highest BCUT2D eigenvalue weighted by Gasteiger charge is 2.33. The summed E-state index contributed by atoms with van der Waals surface area (Å²) in [6.45, 7) is 10.0. The molecule has 0 aromatic heterocycles. The molecule has 120 valence electrons. The maximum Gasteiger partial charge on any atom is 0.242 e. The zero-order chi connectivity index (χ0) is 15.6. The van der Waals surface area contributed by atoms with E-state index in [0.29, 0.717) is 13.1 Å². The van der Waals surface area contributed by atoms with Crippen molar-refractivity contribution >= 4 is 11.8 Å². The lowest BCUT2D eigenvalue weighted by Gasteiger charge is -2.40.